The van der Waals surface area contributed by atoms with Crippen molar-refractivity contribution in [3.05, 3.63) is 63.7 Å². The fraction of sp³-hybridized carbons (Fsp3) is 0.167. The largest absolute Gasteiger partial charge is 0.433 e. The molecule has 4 nitrogen and oxygen atoms in total. The van der Waals surface area contributed by atoms with Crippen LogP contribution in [0.25, 0.3) is 11.3 Å². The fourth-order valence-corrected chi connectivity index (χ4v) is 2.86. The first-order chi connectivity index (χ1) is 12.8. The lowest BCUT2D eigenvalue weighted by molar-refractivity contribution is -0.141. The normalized spacial score (nSPS) is 11.9. The zero-order valence-corrected chi connectivity index (χ0v) is 14.9. The zero-order valence-electron chi connectivity index (χ0n) is 14.1. The molecule has 0 aliphatic heterocycles. The van der Waals surface area contributed by atoms with Crippen LogP contribution in [0.4, 0.5) is 23.5 Å². The summed E-state index contributed by atoms with van der Waals surface area (Å²) in [5.74, 6) is -0.298. The average molecular weight is 394 g/mol. The van der Waals surface area contributed by atoms with Gasteiger partial charge in [-0.15, -0.1) is 11.3 Å². The maximum Gasteiger partial charge on any atom is 0.433 e. The van der Waals surface area contributed by atoms with E-state index in [-0.39, 0.29) is 16.8 Å². The lowest BCUT2D eigenvalue weighted by Gasteiger charge is -2.10. The van der Waals surface area contributed by atoms with Gasteiger partial charge < -0.3 is 0 Å². The van der Waals surface area contributed by atoms with Gasteiger partial charge in [0, 0.05) is 5.56 Å². The quantitative estimate of drug-likeness (QED) is 0.360. The molecule has 140 valence electrons. The molecular formula is C18H14F4N4S. The standard InChI is InChI=1S/C18H14F4N4S/c1-2-11-3-5-12(6-4-11)14-9-15(18(20,21)22)25-17(24-14)26-23-10-13-7-8-16(19)27-13/h3-10H,2H2,1H3,(H,24,25,26)/b23-10+. The number of halogens is 4. The monoisotopic (exact) mass is 394 g/mol. The second-order valence-electron chi connectivity index (χ2n) is 5.52. The molecule has 27 heavy (non-hydrogen) atoms. The van der Waals surface area contributed by atoms with Gasteiger partial charge in [0.15, 0.2) is 10.8 Å². The topological polar surface area (TPSA) is 50.2 Å². The Bertz CT molecular complexity index is 949. The Labute approximate surface area is 156 Å². The highest BCUT2D eigenvalue weighted by molar-refractivity contribution is 7.12. The third-order valence-electron chi connectivity index (χ3n) is 3.62. The zero-order chi connectivity index (χ0) is 19.4. The summed E-state index contributed by atoms with van der Waals surface area (Å²) in [6.07, 6.45) is -2.52. The van der Waals surface area contributed by atoms with Crippen LogP contribution in [-0.4, -0.2) is 16.2 Å². The number of nitrogens with one attached hydrogen (secondary N) is 1. The number of alkyl halides is 3. The lowest BCUT2D eigenvalue weighted by atomic mass is 10.1. The highest BCUT2D eigenvalue weighted by Gasteiger charge is 2.33. The first-order valence-corrected chi connectivity index (χ1v) is 8.77. The third kappa shape index (κ3) is 4.88. The summed E-state index contributed by atoms with van der Waals surface area (Å²) in [7, 11) is 0. The van der Waals surface area contributed by atoms with E-state index in [1.807, 2.05) is 19.1 Å². The van der Waals surface area contributed by atoms with E-state index in [1.54, 1.807) is 12.1 Å². The van der Waals surface area contributed by atoms with Gasteiger partial charge in [-0.1, -0.05) is 31.2 Å². The fourth-order valence-electron chi connectivity index (χ4n) is 2.25. The van der Waals surface area contributed by atoms with E-state index in [1.165, 1.54) is 18.3 Å². The summed E-state index contributed by atoms with van der Waals surface area (Å²) in [5, 5.41) is 3.40. The van der Waals surface area contributed by atoms with Crippen molar-refractivity contribution < 1.29 is 17.6 Å². The van der Waals surface area contributed by atoms with E-state index >= 15 is 0 Å². The van der Waals surface area contributed by atoms with Crippen molar-refractivity contribution in [2.45, 2.75) is 19.5 Å². The van der Waals surface area contributed by atoms with Gasteiger partial charge in [-0.2, -0.15) is 22.7 Å². The van der Waals surface area contributed by atoms with Crippen molar-refractivity contribution >= 4 is 23.5 Å². The Balaban J connectivity index is 1.91. The number of benzene rings is 1. The van der Waals surface area contributed by atoms with Crippen LogP contribution in [0.3, 0.4) is 0 Å². The van der Waals surface area contributed by atoms with Gasteiger partial charge >= 0.3 is 6.18 Å². The average Bonchev–Trinajstić information content (AvgIpc) is 3.06. The van der Waals surface area contributed by atoms with Gasteiger partial charge in [0.05, 0.1) is 16.8 Å². The van der Waals surface area contributed by atoms with Crippen LogP contribution >= 0.6 is 11.3 Å². The number of hydrogen-bond acceptors (Lipinski definition) is 5. The van der Waals surface area contributed by atoms with E-state index in [2.05, 4.69) is 20.5 Å². The summed E-state index contributed by atoms with van der Waals surface area (Å²) >= 11 is 0.857. The maximum absolute atomic E-state index is 13.2. The summed E-state index contributed by atoms with van der Waals surface area (Å²) in [4.78, 5) is 8.07. The van der Waals surface area contributed by atoms with Crippen LogP contribution in [0.2, 0.25) is 0 Å². The molecule has 9 heteroatoms. The summed E-state index contributed by atoms with van der Waals surface area (Å²) < 4.78 is 52.5. The molecule has 0 radical (unpaired) electrons. The van der Waals surface area contributed by atoms with Crippen LogP contribution < -0.4 is 5.43 Å². The maximum atomic E-state index is 13.2. The molecule has 0 bridgehead atoms. The molecule has 0 fully saturated rings. The van der Waals surface area contributed by atoms with Gasteiger partial charge in [-0.3, -0.25) is 0 Å². The van der Waals surface area contributed by atoms with E-state index in [9.17, 15) is 17.6 Å². The molecule has 2 aromatic heterocycles. The molecule has 1 aromatic carbocycles. The van der Waals surface area contributed by atoms with E-state index in [4.69, 9.17) is 0 Å². The van der Waals surface area contributed by atoms with Crippen LogP contribution in [-0.2, 0) is 12.6 Å². The summed E-state index contributed by atoms with van der Waals surface area (Å²) in [6.45, 7) is 1.99. The minimum atomic E-state index is -4.63. The molecule has 0 aliphatic carbocycles. The highest BCUT2D eigenvalue weighted by Crippen LogP contribution is 2.31. The van der Waals surface area contributed by atoms with Crippen molar-refractivity contribution in [2.75, 3.05) is 5.43 Å². The predicted octanol–water partition coefficient (Wildman–Crippen LogP) is 5.37. The van der Waals surface area contributed by atoms with E-state index < -0.39 is 11.9 Å². The number of hydrazone groups is 1. The van der Waals surface area contributed by atoms with Gasteiger partial charge in [-0.05, 0) is 30.2 Å². The molecule has 0 saturated heterocycles. The van der Waals surface area contributed by atoms with Crippen molar-refractivity contribution in [1.29, 1.82) is 0 Å². The summed E-state index contributed by atoms with van der Waals surface area (Å²) in [6, 6.07) is 10.8. The highest BCUT2D eigenvalue weighted by atomic mass is 32.1. The molecule has 2 heterocycles. The SMILES string of the molecule is CCc1ccc(-c2cc(C(F)(F)F)nc(N/N=C/c3ccc(F)s3)n2)cc1. The van der Waals surface area contributed by atoms with Crippen molar-refractivity contribution in [1.82, 2.24) is 9.97 Å². The smallest absolute Gasteiger partial charge is 0.245 e. The van der Waals surface area contributed by atoms with E-state index in [0.717, 1.165) is 29.4 Å². The second kappa shape index (κ2) is 7.83. The number of rotatable bonds is 5. The Morgan fingerprint density at radius 2 is 1.85 bits per heavy atom. The predicted molar refractivity (Wildman–Crippen MR) is 97.3 cm³/mol. The van der Waals surface area contributed by atoms with Crippen molar-refractivity contribution in [2.24, 2.45) is 5.10 Å². The van der Waals surface area contributed by atoms with Crippen LogP contribution in [0, 0.1) is 5.13 Å². The van der Waals surface area contributed by atoms with Crippen LogP contribution in [0.1, 0.15) is 23.1 Å². The number of anilines is 1. The number of aryl methyl sites for hydroxylation is 1. The Hall–Kier alpha value is -2.81. The second-order valence-corrected chi connectivity index (χ2v) is 6.59. The van der Waals surface area contributed by atoms with Crippen LogP contribution in [0.5, 0.6) is 0 Å². The third-order valence-corrected chi connectivity index (χ3v) is 4.43. The molecule has 0 atom stereocenters. The van der Waals surface area contributed by atoms with Gasteiger partial charge in [0.2, 0.25) is 5.95 Å². The molecular weight excluding hydrogens is 380 g/mol. The van der Waals surface area contributed by atoms with Crippen molar-refractivity contribution in [3.63, 3.8) is 0 Å². The number of thiophene rings is 1. The number of nitrogens with zero attached hydrogens (tertiary/aromatic N) is 3. The number of aromatic nitrogens is 2. The molecule has 1 N–H and O–H groups in total. The van der Waals surface area contributed by atoms with Crippen LogP contribution in [0.15, 0.2) is 47.6 Å². The minimum absolute atomic E-state index is 0.125. The molecule has 0 amide bonds. The van der Waals surface area contributed by atoms with Gasteiger partial charge in [0.1, 0.15) is 0 Å². The Morgan fingerprint density at radius 3 is 2.44 bits per heavy atom. The van der Waals surface area contributed by atoms with E-state index in [0.29, 0.717) is 10.4 Å². The summed E-state index contributed by atoms with van der Waals surface area (Å²) in [5.41, 5.74) is 3.03. The first kappa shape index (κ1) is 19.0. The van der Waals surface area contributed by atoms with Gasteiger partial charge in [-0.25, -0.2) is 15.4 Å². The van der Waals surface area contributed by atoms with Crippen molar-refractivity contribution in [3.8, 4) is 11.3 Å². The first-order valence-electron chi connectivity index (χ1n) is 7.95. The lowest BCUT2D eigenvalue weighted by Crippen LogP contribution is -2.11. The molecule has 3 rings (SSSR count). The Kier molecular flexibility index (Phi) is 5.50. The molecule has 0 unspecified atom stereocenters. The molecule has 0 spiro atoms. The van der Waals surface area contributed by atoms with Gasteiger partial charge in [0.25, 0.3) is 0 Å². The Morgan fingerprint density at radius 1 is 1.11 bits per heavy atom. The molecule has 3 aromatic rings. The molecule has 0 saturated carbocycles. The molecule has 0 aliphatic rings. The number of hydrogen-bond donors (Lipinski definition) is 1. The minimum Gasteiger partial charge on any atom is -0.245 e.